The summed E-state index contributed by atoms with van der Waals surface area (Å²) in [4.78, 5) is 12.4. The first-order chi connectivity index (χ1) is 13.4. The number of alkyl halides is 3. The van der Waals surface area contributed by atoms with Gasteiger partial charge in [-0.2, -0.15) is 13.2 Å². The Morgan fingerprint density at radius 1 is 1.07 bits per heavy atom. The number of carbonyl (C=O) groups excluding carboxylic acids is 1. The van der Waals surface area contributed by atoms with Crippen LogP contribution in [0.3, 0.4) is 0 Å². The third-order valence-electron chi connectivity index (χ3n) is 3.92. The summed E-state index contributed by atoms with van der Waals surface area (Å²) in [7, 11) is 0. The monoisotopic (exact) mass is 407 g/mol. The molecular formula is C18H12F3N3O3S. The molecule has 0 fully saturated rings. The van der Waals surface area contributed by atoms with Crippen LogP contribution in [0.25, 0.3) is 10.6 Å². The summed E-state index contributed by atoms with van der Waals surface area (Å²) in [5, 5.41) is 11.0. The van der Waals surface area contributed by atoms with Crippen LogP contribution in [0.1, 0.15) is 5.56 Å². The molecule has 1 N–H and O–H groups in total. The normalized spacial score (nSPS) is 15.9. The van der Waals surface area contributed by atoms with E-state index < -0.39 is 23.8 Å². The minimum atomic E-state index is -4.40. The van der Waals surface area contributed by atoms with E-state index in [-0.39, 0.29) is 11.7 Å². The lowest BCUT2D eigenvalue weighted by Crippen LogP contribution is -2.40. The Hall–Kier alpha value is -3.14. The van der Waals surface area contributed by atoms with Crippen LogP contribution in [0.2, 0.25) is 0 Å². The molecule has 0 radical (unpaired) electrons. The predicted octanol–water partition coefficient (Wildman–Crippen LogP) is 4.00. The van der Waals surface area contributed by atoms with Crippen molar-refractivity contribution < 1.29 is 27.4 Å². The molecule has 0 bridgehead atoms. The van der Waals surface area contributed by atoms with Crippen LogP contribution in [-0.4, -0.2) is 28.8 Å². The van der Waals surface area contributed by atoms with E-state index in [1.54, 1.807) is 24.3 Å². The van der Waals surface area contributed by atoms with Crippen molar-refractivity contribution in [1.29, 1.82) is 0 Å². The van der Waals surface area contributed by atoms with Crippen molar-refractivity contribution in [2.24, 2.45) is 0 Å². The number of para-hydroxylation sites is 2. The van der Waals surface area contributed by atoms with Crippen LogP contribution >= 0.6 is 11.3 Å². The lowest BCUT2D eigenvalue weighted by atomic mass is 10.1. The number of benzene rings is 2. The summed E-state index contributed by atoms with van der Waals surface area (Å²) in [6.07, 6.45) is -5.26. The Bertz CT molecular complexity index is 1010. The quantitative estimate of drug-likeness (QED) is 0.711. The van der Waals surface area contributed by atoms with Crippen LogP contribution in [0.5, 0.6) is 11.5 Å². The molecule has 1 aromatic heterocycles. The number of nitrogens with zero attached hydrogens (tertiary/aromatic N) is 2. The molecule has 0 saturated carbocycles. The van der Waals surface area contributed by atoms with Gasteiger partial charge in [0.2, 0.25) is 11.2 Å². The van der Waals surface area contributed by atoms with E-state index in [1.807, 2.05) is 0 Å². The van der Waals surface area contributed by atoms with E-state index in [4.69, 9.17) is 9.47 Å². The number of fused-ring (bicyclic) bond motifs is 1. The number of hydrogen-bond donors (Lipinski definition) is 1. The van der Waals surface area contributed by atoms with Crippen molar-refractivity contribution >= 4 is 22.4 Å². The van der Waals surface area contributed by atoms with Gasteiger partial charge < -0.3 is 9.47 Å². The first-order valence-electron chi connectivity index (χ1n) is 8.10. The molecular weight excluding hydrogens is 395 g/mol. The first-order valence-corrected chi connectivity index (χ1v) is 8.92. The van der Waals surface area contributed by atoms with Crippen LogP contribution in [-0.2, 0) is 11.0 Å². The number of ether oxygens (including phenoxy) is 2. The van der Waals surface area contributed by atoms with Gasteiger partial charge in [0.1, 0.15) is 11.6 Å². The SMILES string of the molecule is O=C(Nc1nnc(-c2ccc(C(F)(F)F)cc2)s1)C1COc2ccccc2O1. The molecule has 10 heteroatoms. The second kappa shape index (κ2) is 7.12. The Labute approximate surface area is 160 Å². The van der Waals surface area contributed by atoms with Gasteiger partial charge in [0.15, 0.2) is 11.5 Å². The van der Waals surface area contributed by atoms with Crippen molar-refractivity contribution in [3.05, 3.63) is 54.1 Å². The zero-order chi connectivity index (χ0) is 19.7. The molecule has 144 valence electrons. The van der Waals surface area contributed by atoms with Gasteiger partial charge in [0.05, 0.1) is 5.56 Å². The van der Waals surface area contributed by atoms with Gasteiger partial charge in [-0.1, -0.05) is 35.6 Å². The molecule has 1 aliphatic rings. The van der Waals surface area contributed by atoms with Crippen LogP contribution in [0.4, 0.5) is 18.3 Å². The fourth-order valence-corrected chi connectivity index (χ4v) is 3.28. The Balaban J connectivity index is 1.43. The zero-order valence-corrected chi connectivity index (χ0v) is 14.9. The number of hydrogen-bond acceptors (Lipinski definition) is 6. The van der Waals surface area contributed by atoms with Gasteiger partial charge in [-0.3, -0.25) is 10.1 Å². The van der Waals surface area contributed by atoms with Crippen molar-refractivity contribution in [2.45, 2.75) is 12.3 Å². The van der Waals surface area contributed by atoms with E-state index in [0.717, 1.165) is 23.5 Å². The summed E-state index contributed by atoms with van der Waals surface area (Å²) in [5.41, 5.74) is -0.277. The predicted molar refractivity (Wildman–Crippen MR) is 95.3 cm³/mol. The standard InChI is InChI=1S/C18H12F3N3O3S/c19-18(20,21)11-7-5-10(6-8-11)16-23-24-17(28-16)22-15(25)14-9-26-12-3-1-2-4-13(12)27-14/h1-8,14H,9H2,(H,22,24,25). The highest BCUT2D eigenvalue weighted by Crippen LogP contribution is 2.33. The van der Waals surface area contributed by atoms with Gasteiger partial charge >= 0.3 is 6.18 Å². The summed E-state index contributed by atoms with van der Waals surface area (Å²) in [6, 6.07) is 11.6. The van der Waals surface area contributed by atoms with Crippen LogP contribution in [0.15, 0.2) is 48.5 Å². The number of nitrogens with one attached hydrogen (secondary N) is 1. The maximum absolute atomic E-state index is 12.6. The molecule has 28 heavy (non-hydrogen) atoms. The maximum atomic E-state index is 12.6. The van der Waals surface area contributed by atoms with Gasteiger partial charge in [-0.15, -0.1) is 10.2 Å². The van der Waals surface area contributed by atoms with E-state index in [0.29, 0.717) is 22.1 Å². The smallest absolute Gasteiger partial charge is 0.416 e. The summed E-state index contributed by atoms with van der Waals surface area (Å²) in [5.74, 6) is 0.577. The summed E-state index contributed by atoms with van der Waals surface area (Å²) < 4.78 is 49.0. The lowest BCUT2D eigenvalue weighted by Gasteiger charge is -2.25. The second-order valence-electron chi connectivity index (χ2n) is 5.84. The number of rotatable bonds is 3. The molecule has 4 rings (SSSR count). The lowest BCUT2D eigenvalue weighted by molar-refractivity contribution is -0.137. The average molecular weight is 407 g/mol. The van der Waals surface area contributed by atoms with Crippen molar-refractivity contribution in [1.82, 2.24) is 10.2 Å². The number of aromatic nitrogens is 2. The zero-order valence-electron chi connectivity index (χ0n) is 14.1. The van der Waals surface area contributed by atoms with E-state index in [2.05, 4.69) is 15.5 Å². The topological polar surface area (TPSA) is 73.3 Å². The van der Waals surface area contributed by atoms with Crippen molar-refractivity contribution in [2.75, 3.05) is 11.9 Å². The van der Waals surface area contributed by atoms with Crippen molar-refractivity contribution in [3.8, 4) is 22.1 Å². The van der Waals surface area contributed by atoms with Crippen LogP contribution < -0.4 is 14.8 Å². The number of carbonyl (C=O) groups is 1. The molecule has 1 amide bonds. The number of anilines is 1. The molecule has 1 unspecified atom stereocenters. The number of amides is 1. The molecule has 0 aliphatic carbocycles. The summed E-state index contributed by atoms with van der Waals surface area (Å²) >= 11 is 1.05. The Morgan fingerprint density at radius 3 is 2.50 bits per heavy atom. The average Bonchev–Trinajstić information content (AvgIpc) is 3.15. The fourth-order valence-electron chi connectivity index (χ4n) is 2.53. The van der Waals surface area contributed by atoms with Crippen molar-refractivity contribution in [3.63, 3.8) is 0 Å². The van der Waals surface area contributed by atoms with Gasteiger partial charge in [0.25, 0.3) is 5.91 Å². The number of halogens is 3. The second-order valence-corrected chi connectivity index (χ2v) is 6.82. The fraction of sp³-hybridized carbons (Fsp3) is 0.167. The maximum Gasteiger partial charge on any atom is 0.416 e. The van der Waals surface area contributed by atoms with Gasteiger partial charge in [-0.05, 0) is 24.3 Å². The molecule has 2 heterocycles. The minimum absolute atomic E-state index is 0.0490. The van der Waals surface area contributed by atoms with E-state index in [1.165, 1.54) is 12.1 Å². The third-order valence-corrected chi connectivity index (χ3v) is 4.80. The molecule has 1 aliphatic heterocycles. The van der Waals surface area contributed by atoms with Crippen LogP contribution in [0, 0.1) is 0 Å². The molecule has 0 spiro atoms. The van der Waals surface area contributed by atoms with E-state index >= 15 is 0 Å². The van der Waals surface area contributed by atoms with E-state index in [9.17, 15) is 18.0 Å². The third kappa shape index (κ3) is 3.77. The largest absolute Gasteiger partial charge is 0.485 e. The van der Waals surface area contributed by atoms with Gasteiger partial charge in [-0.25, -0.2) is 0 Å². The highest BCUT2D eigenvalue weighted by molar-refractivity contribution is 7.18. The van der Waals surface area contributed by atoms with Gasteiger partial charge in [0, 0.05) is 5.56 Å². The molecule has 2 aromatic carbocycles. The molecule has 0 saturated heterocycles. The summed E-state index contributed by atoms with van der Waals surface area (Å²) in [6.45, 7) is 0.0490. The Kier molecular flexibility index (Phi) is 4.63. The highest BCUT2D eigenvalue weighted by atomic mass is 32.1. The first kappa shape index (κ1) is 18.2. The molecule has 6 nitrogen and oxygen atoms in total. The minimum Gasteiger partial charge on any atom is -0.485 e. The Morgan fingerprint density at radius 2 is 1.79 bits per heavy atom. The molecule has 3 aromatic rings. The molecule has 1 atom stereocenters. The highest BCUT2D eigenvalue weighted by Gasteiger charge is 2.30.